The summed E-state index contributed by atoms with van der Waals surface area (Å²) in [6.45, 7) is 5.74. The average molecular weight is 377 g/mol. The fourth-order valence-electron chi connectivity index (χ4n) is 3.89. The van der Waals surface area contributed by atoms with Crippen LogP contribution in [0, 0.1) is 13.8 Å². The van der Waals surface area contributed by atoms with Gasteiger partial charge < -0.3 is 15.5 Å². The number of benzene rings is 2. The summed E-state index contributed by atoms with van der Waals surface area (Å²) in [5.41, 5.74) is 5.24. The number of anilines is 1. The van der Waals surface area contributed by atoms with Crippen LogP contribution in [-0.2, 0) is 0 Å². The Labute approximate surface area is 166 Å². The summed E-state index contributed by atoms with van der Waals surface area (Å²) in [4.78, 5) is 26.6. The third kappa shape index (κ3) is 4.19. The lowest BCUT2D eigenvalue weighted by atomic mass is 9.93. The quantitative estimate of drug-likeness (QED) is 0.838. The second kappa shape index (κ2) is 7.66. The first-order valence-corrected chi connectivity index (χ1v) is 10.0. The number of hydrogen-bond acceptors (Lipinski definition) is 2. The van der Waals surface area contributed by atoms with Crippen molar-refractivity contribution >= 4 is 17.6 Å². The molecular weight excluding hydrogens is 350 g/mol. The number of carbonyl (C=O) groups is 2. The number of likely N-dealkylation sites (tertiary alicyclic amines) is 1. The van der Waals surface area contributed by atoms with Gasteiger partial charge in [-0.05, 0) is 68.5 Å². The summed E-state index contributed by atoms with van der Waals surface area (Å²) in [6.07, 6.45) is 3.12. The fraction of sp³-hybridized carbons (Fsp3) is 0.391. The zero-order chi connectivity index (χ0) is 19.7. The predicted molar refractivity (Wildman–Crippen MR) is 111 cm³/mol. The van der Waals surface area contributed by atoms with Gasteiger partial charge in [0, 0.05) is 36.3 Å². The molecule has 1 atom stereocenters. The topological polar surface area (TPSA) is 61.4 Å². The maximum absolute atomic E-state index is 12.6. The smallest absolute Gasteiger partial charge is 0.321 e. The lowest BCUT2D eigenvalue weighted by Crippen LogP contribution is -2.32. The number of amides is 3. The van der Waals surface area contributed by atoms with E-state index >= 15 is 0 Å². The van der Waals surface area contributed by atoms with Gasteiger partial charge in [-0.1, -0.05) is 23.8 Å². The highest BCUT2D eigenvalue weighted by Gasteiger charge is 2.28. The van der Waals surface area contributed by atoms with E-state index in [-0.39, 0.29) is 11.9 Å². The number of rotatable bonds is 4. The van der Waals surface area contributed by atoms with E-state index in [2.05, 4.69) is 42.7 Å². The van der Waals surface area contributed by atoms with E-state index in [4.69, 9.17) is 0 Å². The Hall–Kier alpha value is -2.82. The second-order valence-electron chi connectivity index (χ2n) is 8.05. The van der Waals surface area contributed by atoms with Gasteiger partial charge in [-0.3, -0.25) is 4.79 Å². The first-order valence-electron chi connectivity index (χ1n) is 10.0. The van der Waals surface area contributed by atoms with Crippen molar-refractivity contribution in [3.05, 3.63) is 64.7 Å². The van der Waals surface area contributed by atoms with Crippen molar-refractivity contribution < 1.29 is 9.59 Å². The van der Waals surface area contributed by atoms with Gasteiger partial charge in [0.1, 0.15) is 0 Å². The molecule has 1 unspecified atom stereocenters. The summed E-state index contributed by atoms with van der Waals surface area (Å²) in [6, 6.07) is 13.9. The molecule has 0 spiro atoms. The molecule has 5 nitrogen and oxygen atoms in total. The molecule has 5 heteroatoms. The van der Waals surface area contributed by atoms with Crippen molar-refractivity contribution in [3.63, 3.8) is 0 Å². The monoisotopic (exact) mass is 377 g/mol. The Kier molecular flexibility index (Phi) is 5.07. The van der Waals surface area contributed by atoms with Crippen LogP contribution < -0.4 is 10.6 Å². The minimum atomic E-state index is -0.0811. The van der Waals surface area contributed by atoms with Crippen LogP contribution in [0.25, 0.3) is 0 Å². The maximum atomic E-state index is 12.6. The van der Waals surface area contributed by atoms with Crippen LogP contribution in [0.2, 0.25) is 0 Å². The molecule has 1 aliphatic carbocycles. The number of hydrogen-bond donors (Lipinski definition) is 2. The molecule has 2 aromatic carbocycles. The molecule has 1 saturated heterocycles. The van der Waals surface area contributed by atoms with E-state index in [1.54, 1.807) is 24.3 Å². The Balaban J connectivity index is 1.34. The molecular formula is C23H27N3O2. The predicted octanol–water partition coefficient (Wildman–Crippen LogP) is 4.22. The van der Waals surface area contributed by atoms with Crippen molar-refractivity contribution in [3.8, 4) is 0 Å². The van der Waals surface area contributed by atoms with Gasteiger partial charge in [0.15, 0.2) is 0 Å². The molecule has 1 heterocycles. The summed E-state index contributed by atoms with van der Waals surface area (Å²) >= 11 is 0. The first kappa shape index (κ1) is 18.5. The lowest BCUT2D eigenvalue weighted by molar-refractivity contribution is 0.0951. The van der Waals surface area contributed by atoms with Crippen LogP contribution in [0.5, 0.6) is 0 Å². The average Bonchev–Trinajstić information content (AvgIpc) is 3.34. The molecule has 2 aliphatic rings. The Bertz CT molecular complexity index is 887. The fourth-order valence-corrected chi connectivity index (χ4v) is 3.89. The zero-order valence-electron chi connectivity index (χ0n) is 16.5. The molecule has 0 radical (unpaired) electrons. The van der Waals surface area contributed by atoms with Gasteiger partial charge in [-0.25, -0.2) is 4.79 Å². The van der Waals surface area contributed by atoms with E-state index in [1.807, 2.05) is 4.90 Å². The summed E-state index contributed by atoms with van der Waals surface area (Å²) in [5.74, 6) is 0.344. The van der Waals surface area contributed by atoms with Gasteiger partial charge in [0.05, 0.1) is 0 Å². The highest BCUT2D eigenvalue weighted by molar-refractivity contribution is 5.95. The zero-order valence-corrected chi connectivity index (χ0v) is 16.5. The standard InChI is InChI=1S/C23H27N3O2/c1-15-3-10-21(16(2)13-15)18-11-12-26(14-18)23(28)25-20-6-4-17(5-7-20)22(27)24-19-8-9-19/h3-7,10,13,18-19H,8-9,11-12,14H2,1-2H3,(H,24,27)(H,25,28). The van der Waals surface area contributed by atoms with Crippen LogP contribution in [0.3, 0.4) is 0 Å². The van der Waals surface area contributed by atoms with Crippen molar-refractivity contribution in [2.24, 2.45) is 0 Å². The summed E-state index contributed by atoms with van der Waals surface area (Å²) < 4.78 is 0. The van der Waals surface area contributed by atoms with Crippen molar-refractivity contribution in [2.45, 2.75) is 45.1 Å². The van der Waals surface area contributed by atoms with Gasteiger partial charge >= 0.3 is 6.03 Å². The largest absolute Gasteiger partial charge is 0.349 e. The van der Waals surface area contributed by atoms with E-state index in [9.17, 15) is 9.59 Å². The SMILES string of the molecule is Cc1ccc(C2CCN(C(=O)Nc3ccc(C(=O)NC4CC4)cc3)C2)c(C)c1. The summed E-state index contributed by atoms with van der Waals surface area (Å²) in [5, 5.41) is 5.92. The van der Waals surface area contributed by atoms with Crippen LogP contribution >= 0.6 is 0 Å². The highest BCUT2D eigenvalue weighted by atomic mass is 16.2. The normalized spacial score (nSPS) is 18.8. The number of nitrogens with zero attached hydrogens (tertiary/aromatic N) is 1. The number of aryl methyl sites for hydroxylation is 2. The Morgan fingerprint density at radius 2 is 1.75 bits per heavy atom. The van der Waals surface area contributed by atoms with E-state index in [0.29, 0.717) is 23.2 Å². The number of carbonyl (C=O) groups excluding carboxylic acids is 2. The molecule has 146 valence electrons. The van der Waals surface area contributed by atoms with E-state index < -0.39 is 0 Å². The van der Waals surface area contributed by atoms with Crippen molar-refractivity contribution in [1.29, 1.82) is 0 Å². The molecule has 28 heavy (non-hydrogen) atoms. The minimum absolute atomic E-state index is 0.0452. The van der Waals surface area contributed by atoms with Gasteiger partial charge in [0.2, 0.25) is 0 Å². The third-order valence-electron chi connectivity index (χ3n) is 5.65. The lowest BCUT2D eigenvalue weighted by Gasteiger charge is -2.18. The molecule has 3 amide bonds. The molecule has 2 aromatic rings. The molecule has 1 saturated carbocycles. The van der Waals surface area contributed by atoms with Crippen LogP contribution in [0.1, 0.15) is 52.2 Å². The van der Waals surface area contributed by atoms with E-state index in [0.717, 1.165) is 32.4 Å². The second-order valence-corrected chi connectivity index (χ2v) is 8.05. The minimum Gasteiger partial charge on any atom is -0.349 e. The van der Waals surface area contributed by atoms with Crippen molar-refractivity contribution in [2.75, 3.05) is 18.4 Å². The molecule has 0 bridgehead atoms. The maximum Gasteiger partial charge on any atom is 0.321 e. The molecule has 2 fully saturated rings. The molecule has 1 aliphatic heterocycles. The number of urea groups is 1. The molecule has 0 aromatic heterocycles. The van der Waals surface area contributed by atoms with Crippen LogP contribution in [-0.4, -0.2) is 36.0 Å². The van der Waals surface area contributed by atoms with Gasteiger partial charge in [-0.15, -0.1) is 0 Å². The molecule has 4 rings (SSSR count). The first-order chi connectivity index (χ1) is 13.5. The third-order valence-corrected chi connectivity index (χ3v) is 5.65. The van der Waals surface area contributed by atoms with Crippen molar-refractivity contribution in [1.82, 2.24) is 10.2 Å². The number of nitrogens with one attached hydrogen (secondary N) is 2. The van der Waals surface area contributed by atoms with E-state index in [1.165, 1.54) is 16.7 Å². The Morgan fingerprint density at radius 3 is 2.43 bits per heavy atom. The highest BCUT2D eigenvalue weighted by Crippen LogP contribution is 2.30. The van der Waals surface area contributed by atoms with Crippen LogP contribution in [0.4, 0.5) is 10.5 Å². The van der Waals surface area contributed by atoms with Crippen LogP contribution in [0.15, 0.2) is 42.5 Å². The summed E-state index contributed by atoms with van der Waals surface area (Å²) in [7, 11) is 0. The van der Waals surface area contributed by atoms with Gasteiger partial charge in [0.25, 0.3) is 5.91 Å². The molecule has 2 N–H and O–H groups in total. The Morgan fingerprint density at radius 1 is 1.00 bits per heavy atom. The van der Waals surface area contributed by atoms with Gasteiger partial charge in [-0.2, -0.15) is 0 Å².